The van der Waals surface area contributed by atoms with Gasteiger partial charge in [-0.05, 0) is 52.1 Å². The van der Waals surface area contributed by atoms with E-state index in [9.17, 15) is 22.8 Å². The van der Waals surface area contributed by atoms with Crippen molar-refractivity contribution in [3.8, 4) is 0 Å². The molecule has 4 atom stereocenters. The van der Waals surface area contributed by atoms with Crippen LogP contribution in [0.1, 0.15) is 35.6 Å². The van der Waals surface area contributed by atoms with Gasteiger partial charge in [-0.25, -0.2) is 13.2 Å². The molecule has 4 aromatic carbocycles. The Morgan fingerprint density at radius 1 is 0.800 bits per heavy atom. The summed E-state index contributed by atoms with van der Waals surface area (Å²) in [6.07, 6.45) is -0.809. The van der Waals surface area contributed by atoms with Crippen molar-refractivity contribution in [3.05, 3.63) is 150 Å². The number of nitrogens with zero attached hydrogens (tertiary/aromatic N) is 1. The molecule has 0 spiro atoms. The molecule has 1 saturated heterocycles. The number of esters is 1. The summed E-state index contributed by atoms with van der Waals surface area (Å²) in [6.45, 7) is 5.55. The molecule has 1 aliphatic rings. The molecule has 1 fully saturated rings. The Bertz CT molecular complexity index is 1750. The minimum absolute atomic E-state index is 0.0195. The summed E-state index contributed by atoms with van der Waals surface area (Å²) < 4.78 is 33.4. The van der Waals surface area contributed by atoms with Gasteiger partial charge in [0, 0.05) is 0 Å². The lowest BCUT2D eigenvalue weighted by Gasteiger charge is -2.51. The smallest absolute Gasteiger partial charge is 0.334 e. The Morgan fingerprint density at radius 3 is 1.69 bits per heavy atom. The lowest BCUT2D eigenvalue weighted by Crippen LogP contribution is -2.67. The summed E-state index contributed by atoms with van der Waals surface area (Å²) in [7, 11) is -3.56. The molecule has 4 unspecified atom stereocenters. The number of hydrogen-bond acceptors (Lipinski definition) is 7. The number of β-lactam (4-membered cyclic amide) rings is 1. The fraction of sp³-hybridized carbons (Fsp3) is 0.171. The molecule has 4 aromatic rings. The molecule has 230 valence electrons. The van der Waals surface area contributed by atoms with Crippen LogP contribution in [-0.4, -0.2) is 42.5 Å². The second-order valence-corrected chi connectivity index (χ2v) is 14.7. The number of likely N-dealkylation sites (tertiary alicyclic amines) is 1. The second-order valence-electron chi connectivity index (χ2n) is 10.7. The minimum Gasteiger partial charge on any atom is -0.451 e. The quantitative estimate of drug-likeness (QED) is 0.0947. The Hall–Kier alpha value is -4.67. The molecule has 2 amide bonds. The van der Waals surface area contributed by atoms with Crippen LogP contribution < -0.4 is 5.73 Å². The maximum absolute atomic E-state index is 14.1. The van der Waals surface area contributed by atoms with E-state index in [2.05, 4.69) is 6.58 Å². The van der Waals surface area contributed by atoms with E-state index in [1.54, 1.807) is 55.5 Å². The largest absolute Gasteiger partial charge is 0.451 e. The van der Waals surface area contributed by atoms with Gasteiger partial charge in [0.2, 0.25) is 20.7 Å². The van der Waals surface area contributed by atoms with Crippen LogP contribution >= 0.6 is 10.8 Å². The van der Waals surface area contributed by atoms with Crippen molar-refractivity contribution >= 4 is 37.4 Å². The van der Waals surface area contributed by atoms with Crippen molar-refractivity contribution in [3.63, 3.8) is 0 Å². The van der Waals surface area contributed by atoms with Gasteiger partial charge in [0.1, 0.15) is 5.37 Å². The lowest BCUT2D eigenvalue weighted by molar-refractivity contribution is -0.168. The maximum atomic E-state index is 14.1. The molecule has 10 heteroatoms. The highest BCUT2D eigenvalue weighted by Crippen LogP contribution is 2.48. The van der Waals surface area contributed by atoms with Crippen LogP contribution in [0.15, 0.2) is 138 Å². The predicted molar refractivity (Wildman–Crippen MR) is 173 cm³/mol. The van der Waals surface area contributed by atoms with Gasteiger partial charge in [-0.1, -0.05) is 116 Å². The molecule has 0 bridgehead atoms. The number of rotatable bonds is 12. The van der Waals surface area contributed by atoms with Gasteiger partial charge in [-0.3, -0.25) is 9.59 Å². The average Bonchev–Trinajstić information content (AvgIpc) is 3.05. The third-order valence-electron chi connectivity index (χ3n) is 7.61. The highest BCUT2D eigenvalue weighted by Gasteiger charge is 2.59. The summed E-state index contributed by atoms with van der Waals surface area (Å²) in [6, 6.07) is 33.2. The molecule has 0 radical (unpaired) electrons. The van der Waals surface area contributed by atoms with Crippen LogP contribution in [0.25, 0.3) is 0 Å². The van der Waals surface area contributed by atoms with Gasteiger partial charge >= 0.3 is 5.97 Å². The summed E-state index contributed by atoms with van der Waals surface area (Å²) >= 11 is 0. The van der Waals surface area contributed by atoms with Gasteiger partial charge in [0.05, 0.1) is 16.7 Å². The highest BCUT2D eigenvalue weighted by molar-refractivity contribution is 8.72. The molecular weight excluding hydrogens is 609 g/mol. The first-order valence-electron chi connectivity index (χ1n) is 14.2. The Morgan fingerprint density at radius 2 is 1.24 bits per heavy atom. The number of carbonyl (C=O) groups excluding carboxylic acids is 3. The summed E-state index contributed by atoms with van der Waals surface area (Å²) in [4.78, 5) is 42.1. The average molecular weight is 641 g/mol. The molecule has 45 heavy (non-hydrogen) atoms. The van der Waals surface area contributed by atoms with Crippen molar-refractivity contribution in [2.75, 3.05) is 0 Å². The molecular formula is C35H32N2O6S2. The Balaban J connectivity index is 1.54. The molecule has 0 saturated carbocycles. The topological polar surface area (TPSA) is 124 Å². The van der Waals surface area contributed by atoms with Crippen molar-refractivity contribution in [2.24, 2.45) is 11.7 Å². The number of ether oxygens (including phenoxy) is 1. The highest BCUT2D eigenvalue weighted by atomic mass is 33.1. The summed E-state index contributed by atoms with van der Waals surface area (Å²) in [5.41, 5.74) is 7.99. The first-order valence-corrected chi connectivity index (χ1v) is 17.1. The Kier molecular flexibility index (Phi) is 9.55. The van der Waals surface area contributed by atoms with Crippen LogP contribution in [0.3, 0.4) is 0 Å². The van der Waals surface area contributed by atoms with Gasteiger partial charge in [0.15, 0.2) is 12.1 Å². The first kappa shape index (κ1) is 31.7. The van der Waals surface area contributed by atoms with E-state index in [0.717, 1.165) is 4.90 Å². The molecule has 8 nitrogen and oxygen atoms in total. The number of amides is 2. The third kappa shape index (κ3) is 6.72. The van der Waals surface area contributed by atoms with Crippen molar-refractivity contribution in [2.45, 2.75) is 35.3 Å². The predicted octanol–water partition coefficient (Wildman–Crippen LogP) is 5.44. The standard InChI is InChI=1S/C35H32N2O6S2/c1-23(2)30(35(40)43-31(25-17-9-4-10-18-25)26-19-11-5-12-20-26)37-33(39)29(28(32(36)38)24-15-7-3-8-16-24)34(37)44-45(41,42)27-21-13-6-14-22-27/h3-22,28-31,34H,1H2,2H3,(H2,36,38). The lowest BCUT2D eigenvalue weighted by atomic mass is 9.78. The molecule has 5 rings (SSSR count). The zero-order valence-corrected chi connectivity index (χ0v) is 26.1. The van der Waals surface area contributed by atoms with E-state index in [1.165, 1.54) is 12.1 Å². The Labute approximate surface area is 266 Å². The second kappa shape index (κ2) is 13.5. The van der Waals surface area contributed by atoms with Crippen molar-refractivity contribution in [1.82, 2.24) is 4.90 Å². The summed E-state index contributed by atoms with van der Waals surface area (Å²) in [5, 5.41) is -1.17. The maximum Gasteiger partial charge on any atom is 0.334 e. The number of nitrogens with two attached hydrogens (primary N) is 1. The monoisotopic (exact) mass is 640 g/mol. The zero-order valence-electron chi connectivity index (χ0n) is 24.4. The van der Waals surface area contributed by atoms with Crippen LogP contribution in [0.4, 0.5) is 0 Å². The van der Waals surface area contributed by atoms with E-state index < -0.39 is 56.0 Å². The number of benzene rings is 4. The van der Waals surface area contributed by atoms with E-state index in [1.807, 2.05) is 60.7 Å². The van der Waals surface area contributed by atoms with Gasteiger partial charge in [-0.15, -0.1) is 0 Å². The third-order valence-corrected chi connectivity index (χ3v) is 11.4. The van der Waals surface area contributed by atoms with Gasteiger partial charge < -0.3 is 15.4 Å². The number of hydrogen-bond donors (Lipinski definition) is 1. The number of carbonyl (C=O) groups is 3. The zero-order chi connectivity index (χ0) is 32.1. The normalized spacial score (nSPS) is 17.6. The minimum atomic E-state index is -4.06. The summed E-state index contributed by atoms with van der Waals surface area (Å²) in [5.74, 6) is -4.48. The molecule has 0 aromatic heterocycles. The van der Waals surface area contributed by atoms with Crippen LogP contribution in [0.2, 0.25) is 0 Å². The fourth-order valence-electron chi connectivity index (χ4n) is 5.50. The fourth-order valence-corrected chi connectivity index (χ4v) is 9.15. The van der Waals surface area contributed by atoms with Gasteiger partial charge in [-0.2, -0.15) is 0 Å². The first-order chi connectivity index (χ1) is 21.6. The van der Waals surface area contributed by atoms with E-state index in [4.69, 9.17) is 10.5 Å². The van der Waals surface area contributed by atoms with E-state index in [-0.39, 0.29) is 10.5 Å². The van der Waals surface area contributed by atoms with E-state index >= 15 is 0 Å². The van der Waals surface area contributed by atoms with Crippen LogP contribution in [0.5, 0.6) is 0 Å². The van der Waals surface area contributed by atoms with E-state index in [0.29, 0.717) is 27.5 Å². The van der Waals surface area contributed by atoms with Crippen molar-refractivity contribution in [1.29, 1.82) is 0 Å². The van der Waals surface area contributed by atoms with Crippen LogP contribution in [-0.2, 0) is 28.0 Å². The molecule has 0 aliphatic carbocycles. The SMILES string of the molecule is C=C(C)C(C(=O)OC(c1ccccc1)c1ccccc1)N1C(=O)C(C(C(N)=O)c2ccccc2)C1SS(=O)(=O)c1ccccc1. The molecule has 1 heterocycles. The molecule has 1 aliphatic heterocycles. The van der Waals surface area contributed by atoms with Crippen LogP contribution in [0, 0.1) is 5.92 Å². The molecule has 2 N–H and O–H groups in total. The van der Waals surface area contributed by atoms with Gasteiger partial charge in [0.25, 0.3) is 0 Å². The number of primary amides is 1. The van der Waals surface area contributed by atoms with Crippen molar-refractivity contribution < 1.29 is 27.5 Å².